The van der Waals surface area contributed by atoms with E-state index in [9.17, 15) is 14.9 Å². The van der Waals surface area contributed by atoms with Crippen LogP contribution in [0.5, 0.6) is 5.75 Å². The Balaban J connectivity index is 1.62. The van der Waals surface area contributed by atoms with Gasteiger partial charge in [-0.1, -0.05) is 23.7 Å². The maximum atomic E-state index is 12.1. The molecule has 0 unspecified atom stereocenters. The molecule has 3 rings (SSSR count). The van der Waals surface area contributed by atoms with Gasteiger partial charge in [0, 0.05) is 11.1 Å². The second-order valence-corrected chi connectivity index (χ2v) is 5.93. The van der Waals surface area contributed by atoms with Crippen molar-refractivity contribution in [3.05, 3.63) is 93.1 Å². The molecule has 0 radical (unpaired) electrons. The molecule has 0 fully saturated rings. The molecule has 0 spiro atoms. The van der Waals surface area contributed by atoms with Crippen LogP contribution in [0.2, 0.25) is 5.02 Å². The van der Waals surface area contributed by atoms with Gasteiger partial charge >= 0.3 is 5.97 Å². The van der Waals surface area contributed by atoms with E-state index in [-0.39, 0.29) is 5.69 Å². The SMILES string of the molecule is O=C(Oc1cccc(/C=N\Nc2ccc([N+](=O)[O-])cn2)c1)c1ccc(Cl)cc1. The fourth-order valence-corrected chi connectivity index (χ4v) is 2.27. The van der Waals surface area contributed by atoms with Crippen LogP contribution in [-0.4, -0.2) is 22.1 Å². The minimum absolute atomic E-state index is 0.107. The molecule has 1 heterocycles. The van der Waals surface area contributed by atoms with E-state index in [0.29, 0.717) is 27.7 Å². The lowest BCUT2D eigenvalue weighted by atomic mass is 10.2. The Labute approximate surface area is 164 Å². The quantitative estimate of drug-likeness (QED) is 0.219. The summed E-state index contributed by atoms with van der Waals surface area (Å²) in [6.45, 7) is 0. The summed E-state index contributed by atoms with van der Waals surface area (Å²) in [5.41, 5.74) is 3.62. The number of esters is 1. The number of nitrogens with one attached hydrogen (secondary N) is 1. The number of hydrogen-bond donors (Lipinski definition) is 1. The van der Waals surface area contributed by atoms with Crippen molar-refractivity contribution in [2.45, 2.75) is 0 Å². The highest BCUT2D eigenvalue weighted by Crippen LogP contribution is 2.16. The summed E-state index contributed by atoms with van der Waals surface area (Å²) >= 11 is 5.80. The van der Waals surface area contributed by atoms with Crippen molar-refractivity contribution in [3.63, 3.8) is 0 Å². The Bertz CT molecular complexity index is 1020. The molecule has 28 heavy (non-hydrogen) atoms. The molecule has 0 aliphatic carbocycles. The largest absolute Gasteiger partial charge is 0.423 e. The lowest BCUT2D eigenvalue weighted by Gasteiger charge is -2.05. The van der Waals surface area contributed by atoms with E-state index in [1.165, 1.54) is 18.3 Å². The van der Waals surface area contributed by atoms with Crippen molar-refractivity contribution >= 4 is 35.3 Å². The highest BCUT2D eigenvalue weighted by molar-refractivity contribution is 6.30. The number of carbonyl (C=O) groups is 1. The van der Waals surface area contributed by atoms with Crippen LogP contribution < -0.4 is 10.2 Å². The lowest BCUT2D eigenvalue weighted by molar-refractivity contribution is -0.385. The molecule has 0 amide bonds. The van der Waals surface area contributed by atoms with E-state index >= 15 is 0 Å². The third-order valence-electron chi connectivity index (χ3n) is 3.50. The van der Waals surface area contributed by atoms with Crippen molar-refractivity contribution in [2.75, 3.05) is 5.43 Å². The first-order valence-corrected chi connectivity index (χ1v) is 8.36. The van der Waals surface area contributed by atoms with Gasteiger partial charge in [0.1, 0.15) is 17.8 Å². The second-order valence-electron chi connectivity index (χ2n) is 5.50. The van der Waals surface area contributed by atoms with Gasteiger partial charge in [-0.3, -0.25) is 15.5 Å². The topological polar surface area (TPSA) is 107 Å². The van der Waals surface area contributed by atoms with Gasteiger partial charge in [0.2, 0.25) is 0 Å². The summed E-state index contributed by atoms with van der Waals surface area (Å²) in [5, 5.41) is 15.1. The monoisotopic (exact) mass is 396 g/mol. The molecule has 0 bridgehead atoms. The highest BCUT2D eigenvalue weighted by atomic mass is 35.5. The van der Waals surface area contributed by atoms with Gasteiger partial charge in [-0.2, -0.15) is 5.10 Å². The average molecular weight is 397 g/mol. The Kier molecular flexibility index (Phi) is 5.93. The average Bonchev–Trinajstić information content (AvgIpc) is 2.69. The Morgan fingerprint density at radius 2 is 1.96 bits per heavy atom. The third kappa shape index (κ3) is 5.12. The zero-order valence-electron chi connectivity index (χ0n) is 14.3. The molecule has 3 aromatic rings. The maximum absolute atomic E-state index is 12.1. The molecule has 1 N–H and O–H groups in total. The summed E-state index contributed by atoms with van der Waals surface area (Å²) < 4.78 is 5.34. The Morgan fingerprint density at radius 3 is 2.64 bits per heavy atom. The molecule has 9 heteroatoms. The second kappa shape index (κ2) is 8.74. The van der Waals surface area contributed by atoms with Gasteiger partial charge in [-0.05, 0) is 48.0 Å². The molecule has 0 saturated heterocycles. The number of ether oxygens (including phenoxy) is 1. The van der Waals surface area contributed by atoms with E-state index in [0.717, 1.165) is 6.20 Å². The van der Waals surface area contributed by atoms with Crippen molar-refractivity contribution in [3.8, 4) is 5.75 Å². The zero-order valence-corrected chi connectivity index (χ0v) is 15.0. The third-order valence-corrected chi connectivity index (χ3v) is 3.75. The molecule has 140 valence electrons. The summed E-state index contributed by atoms with van der Waals surface area (Å²) in [6, 6.07) is 15.9. The summed E-state index contributed by atoms with van der Waals surface area (Å²) in [6.07, 6.45) is 2.64. The van der Waals surface area contributed by atoms with E-state index in [4.69, 9.17) is 16.3 Å². The van der Waals surface area contributed by atoms with Crippen LogP contribution in [0.25, 0.3) is 0 Å². The lowest BCUT2D eigenvalue weighted by Crippen LogP contribution is -2.08. The van der Waals surface area contributed by atoms with Crippen molar-refractivity contribution < 1.29 is 14.5 Å². The number of anilines is 1. The molecular weight excluding hydrogens is 384 g/mol. The molecule has 0 atom stereocenters. The molecular formula is C19H13ClN4O4. The van der Waals surface area contributed by atoms with Gasteiger partial charge in [0.15, 0.2) is 0 Å². The predicted octanol–water partition coefficient (Wildman–Crippen LogP) is 4.31. The number of nitrogens with zero attached hydrogens (tertiary/aromatic N) is 3. The summed E-state index contributed by atoms with van der Waals surface area (Å²) in [4.78, 5) is 26.1. The first-order chi connectivity index (χ1) is 13.5. The van der Waals surface area contributed by atoms with E-state index in [1.807, 2.05) is 0 Å². The Morgan fingerprint density at radius 1 is 1.18 bits per heavy atom. The number of pyridine rings is 1. The minimum atomic E-state index is -0.531. The summed E-state index contributed by atoms with van der Waals surface area (Å²) in [7, 11) is 0. The number of carbonyl (C=O) groups excluding carboxylic acids is 1. The van der Waals surface area contributed by atoms with Gasteiger partial charge in [-0.15, -0.1) is 0 Å². The number of nitro groups is 1. The normalized spacial score (nSPS) is 10.6. The number of hydrogen-bond acceptors (Lipinski definition) is 7. The van der Waals surface area contributed by atoms with Gasteiger partial charge in [0.25, 0.3) is 5.69 Å². The van der Waals surface area contributed by atoms with Crippen LogP contribution in [0.1, 0.15) is 15.9 Å². The van der Waals surface area contributed by atoms with Crippen LogP contribution >= 0.6 is 11.6 Å². The maximum Gasteiger partial charge on any atom is 0.343 e. The van der Waals surface area contributed by atoms with Crippen molar-refractivity contribution in [1.29, 1.82) is 0 Å². The Hall–Kier alpha value is -3.78. The smallest absolute Gasteiger partial charge is 0.343 e. The number of aromatic nitrogens is 1. The van der Waals surface area contributed by atoms with Gasteiger partial charge in [0.05, 0.1) is 16.7 Å². The van der Waals surface area contributed by atoms with Crippen molar-refractivity contribution in [2.24, 2.45) is 5.10 Å². The number of halogens is 1. The van der Waals surface area contributed by atoms with E-state index < -0.39 is 10.9 Å². The van der Waals surface area contributed by atoms with Crippen molar-refractivity contribution in [1.82, 2.24) is 4.98 Å². The van der Waals surface area contributed by atoms with E-state index in [1.54, 1.807) is 48.5 Å². The predicted molar refractivity (Wildman–Crippen MR) is 105 cm³/mol. The highest BCUT2D eigenvalue weighted by Gasteiger charge is 2.08. The first kappa shape index (κ1) is 19.0. The first-order valence-electron chi connectivity index (χ1n) is 7.98. The van der Waals surface area contributed by atoms with Gasteiger partial charge in [-0.25, -0.2) is 9.78 Å². The van der Waals surface area contributed by atoms with E-state index in [2.05, 4.69) is 15.5 Å². The number of hydrazone groups is 1. The van der Waals surface area contributed by atoms with Crippen LogP contribution in [0.3, 0.4) is 0 Å². The van der Waals surface area contributed by atoms with Crippen LogP contribution in [0, 0.1) is 10.1 Å². The number of rotatable bonds is 6. The zero-order chi connectivity index (χ0) is 19.9. The fraction of sp³-hybridized carbons (Fsp3) is 0. The fourth-order valence-electron chi connectivity index (χ4n) is 2.14. The molecule has 0 aliphatic rings. The van der Waals surface area contributed by atoms with Crippen LogP contribution in [0.4, 0.5) is 11.5 Å². The standard InChI is InChI=1S/C19H13ClN4O4/c20-15-6-4-14(5-7-15)19(25)28-17-3-1-2-13(10-17)11-22-23-18-9-8-16(12-21-18)24(26)27/h1-12H,(H,21,23)/b22-11-. The molecule has 1 aromatic heterocycles. The van der Waals surface area contributed by atoms with Gasteiger partial charge < -0.3 is 4.74 Å². The van der Waals surface area contributed by atoms with Crippen LogP contribution in [-0.2, 0) is 0 Å². The number of benzene rings is 2. The molecule has 0 saturated carbocycles. The van der Waals surface area contributed by atoms with Crippen LogP contribution in [0.15, 0.2) is 72.0 Å². The molecule has 0 aliphatic heterocycles. The molecule has 2 aromatic carbocycles. The summed E-state index contributed by atoms with van der Waals surface area (Å²) in [5.74, 6) is 0.212. The minimum Gasteiger partial charge on any atom is -0.423 e. The molecule has 8 nitrogen and oxygen atoms in total.